The molecule has 0 fully saturated rings. The lowest BCUT2D eigenvalue weighted by atomic mass is 9.66. The number of hydrogen-bond acceptors (Lipinski definition) is 10. The van der Waals surface area contributed by atoms with Gasteiger partial charge < -0.3 is 23.9 Å². The van der Waals surface area contributed by atoms with Gasteiger partial charge in [0.05, 0.1) is 25.7 Å². The van der Waals surface area contributed by atoms with Crippen molar-refractivity contribution in [3.63, 3.8) is 0 Å². The molecule has 1 N–H and O–H groups in total. The number of halogens is 1. The lowest BCUT2D eigenvalue weighted by molar-refractivity contribution is -0.130. The summed E-state index contributed by atoms with van der Waals surface area (Å²) < 4.78 is 25.9. The minimum absolute atomic E-state index is 0.0114. The van der Waals surface area contributed by atoms with Crippen LogP contribution in [-0.2, 0) is 18.9 Å². The van der Waals surface area contributed by atoms with Gasteiger partial charge in [-0.25, -0.2) is 4.79 Å². The van der Waals surface area contributed by atoms with Crippen LogP contribution >= 0.6 is 11.6 Å². The molecule has 3 unspecified atom stereocenters. The van der Waals surface area contributed by atoms with Crippen LogP contribution in [0.3, 0.4) is 0 Å². The highest BCUT2D eigenvalue weighted by atomic mass is 35.5. The van der Waals surface area contributed by atoms with Gasteiger partial charge in [0.1, 0.15) is 39.4 Å². The van der Waals surface area contributed by atoms with Crippen LogP contribution < -0.4 is 30.8 Å². The number of benzene rings is 2. The molecule has 2 aromatic heterocycles. The van der Waals surface area contributed by atoms with Gasteiger partial charge in [-0.05, 0) is 25.5 Å². The molecule has 3 aliphatic rings. The van der Waals surface area contributed by atoms with Gasteiger partial charge in [0.2, 0.25) is 17.2 Å². The fourth-order valence-corrected chi connectivity index (χ4v) is 7.27. The van der Waals surface area contributed by atoms with Crippen molar-refractivity contribution in [2.24, 2.45) is 20.0 Å². The van der Waals surface area contributed by atoms with E-state index in [0.29, 0.717) is 22.6 Å². The summed E-state index contributed by atoms with van der Waals surface area (Å²) in [5.41, 5.74) is -1.46. The highest BCUT2D eigenvalue weighted by molar-refractivity contribution is 6.36. The maximum absolute atomic E-state index is 15.0. The zero-order valence-electron chi connectivity index (χ0n) is 26.8. The van der Waals surface area contributed by atoms with E-state index in [-0.39, 0.29) is 62.8 Å². The molecule has 1 spiro atoms. The minimum atomic E-state index is -2.05. The third-order valence-electron chi connectivity index (χ3n) is 9.56. The Morgan fingerprint density at radius 1 is 0.979 bits per heavy atom. The summed E-state index contributed by atoms with van der Waals surface area (Å²) in [5.74, 6) is -2.10. The fourth-order valence-electron chi connectivity index (χ4n) is 7.01. The molecule has 4 aromatic rings. The predicted molar refractivity (Wildman–Crippen MR) is 175 cm³/mol. The van der Waals surface area contributed by atoms with Crippen molar-refractivity contribution in [3.05, 3.63) is 102 Å². The number of Topliss-reactive ketones (excluding diaryl/α,β-unsaturated/α-hetero) is 3. The van der Waals surface area contributed by atoms with E-state index in [1.807, 2.05) is 0 Å². The predicted octanol–water partition coefficient (Wildman–Crippen LogP) is 4.65. The van der Waals surface area contributed by atoms with E-state index >= 15 is 4.79 Å². The molecule has 12 nitrogen and oxygen atoms in total. The number of hydrogen-bond donors (Lipinski definition) is 1. The first-order chi connectivity index (χ1) is 22.8. The topological polar surface area (TPSA) is 148 Å². The Labute approximate surface area is 278 Å². The molecule has 7 rings (SSSR count). The third kappa shape index (κ3) is 4.11. The van der Waals surface area contributed by atoms with Crippen molar-refractivity contribution in [1.82, 2.24) is 9.13 Å². The fraction of sp³-hybridized carbons (Fsp3) is 0.286. The standard InChI is InChI=1S/C35H30ClN3O9/c1-15-13-19-24(30(41)35(15)31(42)26-22(45-5)14-23(46-6)28(36)29(26)48-35)25(27-32(37-19)38(3)34(44)39(4)33(27)43)21-12-11-20(47-21)18-9-7-17(8-10-18)16(2)40/h7-12,14-15,25,37H,13H2,1-6H3. The molecule has 1 aliphatic carbocycles. The summed E-state index contributed by atoms with van der Waals surface area (Å²) in [4.78, 5) is 68.3. The van der Waals surface area contributed by atoms with Crippen LogP contribution in [0.25, 0.3) is 11.3 Å². The molecule has 246 valence electrons. The Morgan fingerprint density at radius 2 is 1.67 bits per heavy atom. The van der Waals surface area contributed by atoms with Gasteiger partial charge in [0.15, 0.2) is 11.5 Å². The van der Waals surface area contributed by atoms with Crippen LogP contribution in [0.5, 0.6) is 17.2 Å². The summed E-state index contributed by atoms with van der Waals surface area (Å²) >= 11 is 6.63. The molecule has 0 radical (unpaired) electrons. The Balaban J connectivity index is 1.43. The van der Waals surface area contributed by atoms with Crippen molar-refractivity contribution in [1.29, 1.82) is 0 Å². The molecule has 2 aromatic carbocycles. The molecular formula is C35H30ClN3O9. The number of carbonyl (C=O) groups is 3. The Bertz CT molecular complexity index is 2260. The average molecular weight is 672 g/mol. The number of ether oxygens (including phenoxy) is 3. The second-order valence-electron chi connectivity index (χ2n) is 12.2. The van der Waals surface area contributed by atoms with Crippen molar-refractivity contribution >= 4 is 34.8 Å². The number of anilines is 1. The summed E-state index contributed by atoms with van der Waals surface area (Å²) in [7, 11) is 5.67. The van der Waals surface area contributed by atoms with E-state index in [4.69, 9.17) is 30.2 Å². The lowest BCUT2D eigenvalue weighted by Crippen LogP contribution is -2.58. The second-order valence-corrected chi connectivity index (χ2v) is 12.5. The van der Waals surface area contributed by atoms with Crippen LogP contribution in [0.4, 0.5) is 5.82 Å². The second kappa shape index (κ2) is 10.8. The quantitative estimate of drug-likeness (QED) is 0.235. The maximum Gasteiger partial charge on any atom is 0.332 e. The van der Waals surface area contributed by atoms with Crippen LogP contribution in [0, 0.1) is 5.92 Å². The Kier molecular flexibility index (Phi) is 7.06. The number of rotatable bonds is 5. The number of ketones is 3. The number of nitrogens with zero attached hydrogens (tertiary/aromatic N) is 2. The van der Waals surface area contributed by atoms with Crippen LogP contribution in [0.1, 0.15) is 58.2 Å². The number of fused-ring (bicyclic) bond motifs is 2. The number of nitrogens with one attached hydrogen (secondary N) is 1. The maximum atomic E-state index is 15.0. The van der Waals surface area contributed by atoms with E-state index in [1.54, 1.807) is 43.3 Å². The first kappa shape index (κ1) is 31.3. The van der Waals surface area contributed by atoms with Gasteiger partial charge in [-0.1, -0.05) is 42.8 Å². The highest BCUT2D eigenvalue weighted by Gasteiger charge is 2.64. The highest BCUT2D eigenvalue weighted by Crippen LogP contribution is 2.56. The molecule has 4 heterocycles. The van der Waals surface area contributed by atoms with Gasteiger partial charge in [-0.3, -0.25) is 28.3 Å². The number of aromatic nitrogens is 2. The zero-order chi connectivity index (χ0) is 34.4. The molecule has 0 saturated carbocycles. The van der Waals surface area contributed by atoms with E-state index in [2.05, 4.69) is 5.32 Å². The molecule has 3 atom stereocenters. The largest absolute Gasteiger partial charge is 0.496 e. The van der Waals surface area contributed by atoms with Crippen molar-refractivity contribution in [3.8, 4) is 28.6 Å². The molecule has 0 saturated heterocycles. The van der Waals surface area contributed by atoms with E-state index in [9.17, 15) is 19.2 Å². The van der Waals surface area contributed by atoms with E-state index in [1.165, 1.54) is 45.9 Å². The van der Waals surface area contributed by atoms with Gasteiger partial charge in [-0.2, -0.15) is 0 Å². The summed E-state index contributed by atoms with van der Waals surface area (Å²) in [5, 5.41) is 3.20. The lowest BCUT2D eigenvalue weighted by Gasteiger charge is -2.42. The molecule has 0 amide bonds. The normalized spacial score (nSPS) is 21.0. The minimum Gasteiger partial charge on any atom is -0.496 e. The van der Waals surface area contributed by atoms with Crippen molar-refractivity contribution < 1.29 is 33.0 Å². The van der Waals surface area contributed by atoms with Crippen LogP contribution in [0.2, 0.25) is 5.02 Å². The summed E-state index contributed by atoms with van der Waals surface area (Å²) in [6.45, 7) is 3.19. The monoisotopic (exact) mass is 671 g/mol. The first-order valence-corrected chi connectivity index (χ1v) is 15.5. The zero-order valence-corrected chi connectivity index (χ0v) is 27.6. The van der Waals surface area contributed by atoms with E-state index in [0.717, 1.165) is 4.57 Å². The Morgan fingerprint density at radius 3 is 2.31 bits per heavy atom. The summed E-state index contributed by atoms with van der Waals surface area (Å²) in [6.07, 6.45) is 0.136. The number of furan rings is 1. The van der Waals surface area contributed by atoms with Gasteiger partial charge >= 0.3 is 5.69 Å². The van der Waals surface area contributed by atoms with Crippen molar-refractivity contribution in [2.45, 2.75) is 31.8 Å². The average Bonchev–Trinajstić information content (AvgIpc) is 3.69. The van der Waals surface area contributed by atoms with Gasteiger partial charge in [0.25, 0.3) is 5.56 Å². The Hall–Kier alpha value is -5.36. The molecule has 48 heavy (non-hydrogen) atoms. The summed E-state index contributed by atoms with van der Waals surface area (Å²) in [6, 6.07) is 11.6. The molecule has 0 bridgehead atoms. The first-order valence-electron chi connectivity index (χ1n) is 15.1. The molecular weight excluding hydrogens is 642 g/mol. The van der Waals surface area contributed by atoms with Gasteiger partial charge in [0, 0.05) is 48.5 Å². The number of carbonyl (C=O) groups excluding carboxylic acids is 3. The molecule has 13 heteroatoms. The number of methoxy groups -OCH3 is 2. The number of allylic oxidation sites excluding steroid dienone is 1. The van der Waals surface area contributed by atoms with Gasteiger partial charge in [-0.15, -0.1) is 0 Å². The van der Waals surface area contributed by atoms with Crippen molar-refractivity contribution in [2.75, 3.05) is 19.5 Å². The van der Waals surface area contributed by atoms with Crippen LogP contribution in [-0.4, -0.2) is 46.3 Å². The van der Waals surface area contributed by atoms with E-state index < -0.39 is 40.3 Å². The van der Waals surface area contributed by atoms with Crippen LogP contribution in [0.15, 0.2) is 67.7 Å². The SMILES string of the molecule is COc1cc(OC)c2c(c1Cl)OC1(C(=O)C3=C(CC1C)Nc1c(c(=O)n(C)c(=O)n1C)C3c1ccc(-c3ccc(C(C)=O)cc3)o1)C2=O. The molecule has 2 aliphatic heterocycles. The smallest absolute Gasteiger partial charge is 0.332 e. The third-order valence-corrected chi connectivity index (χ3v) is 9.92.